The standard InChI is InChI=1S/C13H15F3N2/c14-13(15,16)8-4-10-18(11-5-9-17)12-6-2-1-3-7-12/h1-3,6-7H,4-5,8,10-11H2. The third-order valence-electron chi connectivity index (χ3n) is 2.50. The average molecular weight is 256 g/mol. The molecule has 0 bridgehead atoms. The zero-order valence-electron chi connectivity index (χ0n) is 9.95. The predicted molar refractivity (Wildman–Crippen MR) is 64.2 cm³/mol. The normalized spacial score (nSPS) is 11.0. The molecule has 1 aromatic carbocycles. The summed E-state index contributed by atoms with van der Waals surface area (Å²) in [4.78, 5) is 1.81. The van der Waals surface area contributed by atoms with Crippen LogP contribution in [0, 0.1) is 11.3 Å². The number of nitrogens with zero attached hydrogens (tertiary/aromatic N) is 2. The lowest BCUT2D eigenvalue weighted by molar-refractivity contribution is -0.135. The van der Waals surface area contributed by atoms with Gasteiger partial charge in [0.1, 0.15) is 0 Å². The van der Waals surface area contributed by atoms with Gasteiger partial charge in [-0.2, -0.15) is 18.4 Å². The number of para-hydroxylation sites is 1. The van der Waals surface area contributed by atoms with Gasteiger partial charge in [-0.15, -0.1) is 0 Å². The summed E-state index contributed by atoms with van der Waals surface area (Å²) in [6.07, 6.45) is -4.55. The fourth-order valence-corrected chi connectivity index (χ4v) is 1.66. The van der Waals surface area contributed by atoms with Crippen molar-refractivity contribution in [2.24, 2.45) is 0 Å². The summed E-state index contributed by atoms with van der Waals surface area (Å²) in [5, 5.41) is 8.56. The Labute approximate surface area is 105 Å². The van der Waals surface area contributed by atoms with Gasteiger partial charge in [0.05, 0.1) is 12.5 Å². The first-order valence-corrected chi connectivity index (χ1v) is 5.76. The van der Waals surface area contributed by atoms with Gasteiger partial charge in [-0.1, -0.05) is 18.2 Å². The van der Waals surface area contributed by atoms with Gasteiger partial charge in [0.25, 0.3) is 0 Å². The van der Waals surface area contributed by atoms with E-state index in [0.29, 0.717) is 19.5 Å². The van der Waals surface area contributed by atoms with Crippen molar-refractivity contribution in [3.8, 4) is 6.07 Å². The van der Waals surface area contributed by atoms with Gasteiger partial charge in [0, 0.05) is 25.2 Å². The van der Waals surface area contributed by atoms with Crippen LogP contribution in [-0.2, 0) is 0 Å². The number of halogens is 3. The second-order valence-electron chi connectivity index (χ2n) is 3.95. The highest BCUT2D eigenvalue weighted by Gasteiger charge is 2.26. The van der Waals surface area contributed by atoms with Crippen molar-refractivity contribution in [3.63, 3.8) is 0 Å². The molecular formula is C13H15F3N2. The number of anilines is 1. The third kappa shape index (κ3) is 5.58. The van der Waals surface area contributed by atoms with Crippen molar-refractivity contribution in [2.75, 3.05) is 18.0 Å². The summed E-state index contributed by atoms with van der Waals surface area (Å²) < 4.78 is 36.3. The quantitative estimate of drug-likeness (QED) is 0.775. The van der Waals surface area contributed by atoms with Crippen LogP contribution < -0.4 is 4.90 Å². The number of alkyl halides is 3. The van der Waals surface area contributed by atoms with Crippen LogP contribution in [0.25, 0.3) is 0 Å². The molecule has 0 aromatic heterocycles. The first-order chi connectivity index (χ1) is 8.53. The lowest BCUT2D eigenvalue weighted by Gasteiger charge is -2.24. The van der Waals surface area contributed by atoms with Gasteiger partial charge in [0.15, 0.2) is 0 Å². The molecule has 0 spiro atoms. The number of benzene rings is 1. The molecule has 0 fully saturated rings. The van der Waals surface area contributed by atoms with Crippen LogP contribution in [0.5, 0.6) is 0 Å². The van der Waals surface area contributed by atoms with Gasteiger partial charge in [-0.05, 0) is 18.6 Å². The second-order valence-corrected chi connectivity index (χ2v) is 3.95. The maximum atomic E-state index is 12.1. The maximum Gasteiger partial charge on any atom is 0.389 e. The first kappa shape index (κ1) is 14.4. The summed E-state index contributed by atoms with van der Waals surface area (Å²) in [5.74, 6) is 0. The highest BCUT2D eigenvalue weighted by Crippen LogP contribution is 2.22. The van der Waals surface area contributed by atoms with E-state index < -0.39 is 12.6 Å². The van der Waals surface area contributed by atoms with E-state index in [4.69, 9.17) is 5.26 Å². The number of nitriles is 1. The lowest BCUT2D eigenvalue weighted by atomic mass is 10.2. The van der Waals surface area contributed by atoms with E-state index in [1.165, 1.54) is 0 Å². The Morgan fingerprint density at radius 3 is 2.33 bits per heavy atom. The molecule has 0 radical (unpaired) electrons. The molecule has 0 N–H and O–H groups in total. The molecule has 0 saturated carbocycles. The predicted octanol–water partition coefficient (Wildman–Crippen LogP) is 3.75. The minimum atomic E-state index is -4.11. The van der Waals surface area contributed by atoms with Gasteiger partial charge < -0.3 is 4.90 Å². The zero-order valence-corrected chi connectivity index (χ0v) is 9.95. The molecule has 0 saturated heterocycles. The lowest BCUT2D eigenvalue weighted by Crippen LogP contribution is -2.26. The molecule has 0 heterocycles. The molecule has 0 aliphatic carbocycles. The Morgan fingerprint density at radius 2 is 1.78 bits per heavy atom. The molecule has 0 atom stereocenters. The van der Waals surface area contributed by atoms with E-state index in [1.807, 2.05) is 41.3 Å². The Kier molecular flexibility index (Phi) is 5.50. The smallest absolute Gasteiger partial charge is 0.370 e. The van der Waals surface area contributed by atoms with Gasteiger partial charge in [0.2, 0.25) is 0 Å². The van der Waals surface area contributed by atoms with Crippen LogP contribution in [0.2, 0.25) is 0 Å². The van der Waals surface area contributed by atoms with Crippen molar-refractivity contribution < 1.29 is 13.2 Å². The largest absolute Gasteiger partial charge is 0.389 e. The molecule has 1 aromatic rings. The fraction of sp³-hybridized carbons (Fsp3) is 0.462. The Morgan fingerprint density at radius 1 is 1.11 bits per heavy atom. The average Bonchev–Trinajstić information content (AvgIpc) is 2.33. The summed E-state index contributed by atoms with van der Waals surface area (Å²) >= 11 is 0. The fourth-order valence-electron chi connectivity index (χ4n) is 1.66. The van der Waals surface area contributed by atoms with E-state index >= 15 is 0 Å². The highest BCUT2D eigenvalue weighted by atomic mass is 19.4. The molecule has 0 unspecified atom stereocenters. The molecule has 18 heavy (non-hydrogen) atoms. The summed E-state index contributed by atoms with van der Waals surface area (Å²) in [6.45, 7) is 0.767. The molecule has 0 aliphatic rings. The second kappa shape index (κ2) is 6.90. The molecule has 0 amide bonds. The van der Waals surface area contributed by atoms with Crippen LogP contribution >= 0.6 is 0 Å². The minimum absolute atomic E-state index is 0.0455. The molecule has 0 aliphatic heterocycles. The molecule has 2 nitrogen and oxygen atoms in total. The molecular weight excluding hydrogens is 241 g/mol. The molecule has 1 rings (SSSR count). The molecule has 98 valence electrons. The van der Waals surface area contributed by atoms with E-state index in [1.54, 1.807) is 0 Å². The van der Waals surface area contributed by atoms with Gasteiger partial charge >= 0.3 is 6.18 Å². The number of hydrogen-bond acceptors (Lipinski definition) is 2. The van der Waals surface area contributed by atoms with E-state index in [9.17, 15) is 13.2 Å². The first-order valence-electron chi connectivity index (χ1n) is 5.76. The van der Waals surface area contributed by atoms with Crippen molar-refractivity contribution in [1.82, 2.24) is 0 Å². The van der Waals surface area contributed by atoms with E-state index in [-0.39, 0.29) is 6.42 Å². The van der Waals surface area contributed by atoms with Crippen LogP contribution in [-0.4, -0.2) is 19.3 Å². The SMILES string of the molecule is N#CCCN(CCCC(F)(F)F)c1ccccc1. The Hall–Kier alpha value is -1.70. The summed E-state index contributed by atoms with van der Waals surface area (Å²) in [6, 6.07) is 11.2. The van der Waals surface area contributed by atoms with Crippen LogP contribution in [0.15, 0.2) is 30.3 Å². The van der Waals surface area contributed by atoms with E-state index in [2.05, 4.69) is 0 Å². The summed E-state index contributed by atoms with van der Waals surface area (Å²) in [7, 11) is 0. The molecule has 5 heteroatoms. The number of rotatable bonds is 6. The number of hydrogen-bond donors (Lipinski definition) is 0. The monoisotopic (exact) mass is 256 g/mol. The van der Waals surface area contributed by atoms with Gasteiger partial charge in [-0.3, -0.25) is 0 Å². The third-order valence-corrected chi connectivity index (χ3v) is 2.50. The van der Waals surface area contributed by atoms with Crippen molar-refractivity contribution >= 4 is 5.69 Å². The van der Waals surface area contributed by atoms with E-state index in [0.717, 1.165) is 5.69 Å². The highest BCUT2D eigenvalue weighted by molar-refractivity contribution is 5.45. The van der Waals surface area contributed by atoms with Crippen LogP contribution in [0.4, 0.5) is 18.9 Å². The van der Waals surface area contributed by atoms with Crippen molar-refractivity contribution in [2.45, 2.75) is 25.4 Å². The van der Waals surface area contributed by atoms with Gasteiger partial charge in [-0.25, -0.2) is 0 Å². The van der Waals surface area contributed by atoms with Crippen molar-refractivity contribution in [1.29, 1.82) is 5.26 Å². The minimum Gasteiger partial charge on any atom is -0.370 e. The topological polar surface area (TPSA) is 27.0 Å². The summed E-state index contributed by atoms with van der Waals surface area (Å²) in [5.41, 5.74) is 0.856. The van der Waals surface area contributed by atoms with Crippen LogP contribution in [0.3, 0.4) is 0 Å². The Bertz CT molecular complexity index is 381. The zero-order chi connectivity index (χ0) is 13.4. The van der Waals surface area contributed by atoms with Crippen LogP contribution in [0.1, 0.15) is 19.3 Å². The Balaban J connectivity index is 2.54. The maximum absolute atomic E-state index is 12.1. The van der Waals surface area contributed by atoms with Crippen molar-refractivity contribution in [3.05, 3.63) is 30.3 Å².